The Morgan fingerprint density at radius 3 is 2.50 bits per heavy atom. The van der Waals surface area contributed by atoms with Crippen LogP contribution in [0.2, 0.25) is 0 Å². The fraction of sp³-hybridized carbons (Fsp3) is 0.385. The van der Waals surface area contributed by atoms with Crippen LogP contribution in [-0.4, -0.2) is 6.54 Å². The Balaban J connectivity index is 2.58. The van der Waals surface area contributed by atoms with Crippen LogP contribution in [-0.2, 0) is 0 Å². The van der Waals surface area contributed by atoms with Crippen molar-refractivity contribution in [1.82, 2.24) is 5.32 Å². The van der Waals surface area contributed by atoms with Crippen LogP contribution in [0.1, 0.15) is 31.9 Å². The van der Waals surface area contributed by atoms with Crippen molar-refractivity contribution in [3.63, 3.8) is 0 Å². The molecule has 1 N–H and O–H groups in total. The van der Waals surface area contributed by atoms with Gasteiger partial charge in [-0.05, 0) is 18.9 Å². The standard InChI is InChI=1S/C13H19N/c1-4-13(14-10-11(2)3)12-8-6-5-7-9-12/h5-9,13-14H,2,4,10H2,1,3H3/t13-/m0/s1. The van der Waals surface area contributed by atoms with E-state index in [0.29, 0.717) is 6.04 Å². The Bertz CT molecular complexity index is 277. The van der Waals surface area contributed by atoms with Gasteiger partial charge in [0.25, 0.3) is 0 Å². The lowest BCUT2D eigenvalue weighted by atomic mass is 10.0. The first-order valence-electron chi connectivity index (χ1n) is 5.16. The molecule has 0 aliphatic rings. The van der Waals surface area contributed by atoms with Crippen molar-refractivity contribution in [2.75, 3.05) is 6.54 Å². The average Bonchev–Trinajstić information content (AvgIpc) is 2.20. The zero-order valence-electron chi connectivity index (χ0n) is 9.09. The molecule has 0 bridgehead atoms. The summed E-state index contributed by atoms with van der Waals surface area (Å²) >= 11 is 0. The van der Waals surface area contributed by atoms with Crippen LogP contribution < -0.4 is 5.32 Å². The van der Waals surface area contributed by atoms with Gasteiger partial charge in [0.1, 0.15) is 0 Å². The van der Waals surface area contributed by atoms with E-state index in [1.54, 1.807) is 0 Å². The van der Waals surface area contributed by atoms with Crippen LogP contribution in [0.25, 0.3) is 0 Å². The summed E-state index contributed by atoms with van der Waals surface area (Å²) in [6.45, 7) is 9.03. The molecule has 0 aliphatic heterocycles. The second kappa shape index (κ2) is 5.61. The minimum atomic E-state index is 0.452. The molecule has 0 saturated carbocycles. The highest BCUT2D eigenvalue weighted by atomic mass is 14.9. The van der Waals surface area contributed by atoms with Crippen molar-refractivity contribution in [2.24, 2.45) is 0 Å². The van der Waals surface area contributed by atoms with Gasteiger partial charge in [-0.3, -0.25) is 0 Å². The molecule has 0 aromatic heterocycles. The van der Waals surface area contributed by atoms with E-state index in [9.17, 15) is 0 Å². The van der Waals surface area contributed by atoms with Gasteiger partial charge >= 0.3 is 0 Å². The molecule has 0 amide bonds. The van der Waals surface area contributed by atoms with Crippen molar-refractivity contribution >= 4 is 0 Å². The van der Waals surface area contributed by atoms with Gasteiger partial charge in [-0.2, -0.15) is 0 Å². The molecule has 1 aromatic rings. The maximum absolute atomic E-state index is 3.89. The summed E-state index contributed by atoms with van der Waals surface area (Å²) in [5, 5.41) is 3.49. The van der Waals surface area contributed by atoms with Crippen molar-refractivity contribution in [3.8, 4) is 0 Å². The maximum Gasteiger partial charge on any atom is 0.0320 e. The molecule has 1 nitrogen and oxygen atoms in total. The molecule has 0 unspecified atom stereocenters. The molecule has 0 radical (unpaired) electrons. The molecule has 1 atom stereocenters. The minimum absolute atomic E-state index is 0.452. The summed E-state index contributed by atoms with van der Waals surface area (Å²) in [6, 6.07) is 11.0. The summed E-state index contributed by atoms with van der Waals surface area (Å²) in [5.41, 5.74) is 2.54. The van der Waals surface area contributed by atoms with Gasteiger partial charge in [-0.25, -0.2) is 0 Å². The molecular weight excluding hydrogens is 170 g/mol. The van der Waals surface area contributed by atoms with E-state index < -0.39 is 0 Å². The summed E-state index contributed by atoms with van der Waals surface area (Å²) in [4.78, 5) is 0. The first-order chi connectivity index (χ1) is 6.74. The molecule has 76 valence electrons. The lowest BCUT2D eigenvalue weighted by Gasteiger charge is -2.17. The maximum atomic E-state index is 3.89. The zero-order chi connectivity index (χ0) is 10.4. The Labute approximate surface area is 86.8 Å². The third kappa shape index (κ3) is 3.35. The quantitative estimate of drug-likeness (QED) is 0.701. The molecule has 0 aliphatic carbocycles. The third-order valence-corrected chi connectivity index (χ3v) is 2.26. The summed E-state index contributed by atoms with van der Waals surface area (Å²) in [5.74, 6) is 0. The number of benzene rings is 1. The predicted molar refractivity (Wildman–Crippen MR) is 62.3 cm³/mol. The molecule has 1 heteroatoms. The van der Waals surface area contributed by atoms with E-state index >= 15 is 0 Å². The van der Waals surface area contributed by atoms with Crippen LogP contribution in [0.3, 0.4) is 0 Å². The average molecular weight is 189 g/mol. The topological polar surface area (TPSA) is 12.0 Å². The Kier molecular flexibility index (Phi) is 4.41. The molecule has 1 rings (SSSR count). The van der Waals surface area contributed by atoms with Crippen molar-refractivity contribution in [1.29, 1.82) is 0 Å². The summed E-state index contributed by atoms with van der Waals surface area (Å²) in [6.07, 6.45) is 1.11. The van der Waals surface area contributed by atoms with Crippen LogP contribution in [0, 0.1) is 0 Å². The molecule has 0 saturated heterocycles. The van der Waals surface area contributed by atoms with Gasteiger partial charge in [-0.15, -0.1) is 0 Å². The number of nitrogens with one attached hydrogen (secondary N) is 1. The fourth-order valence-corrected chi connectivity index (χ4v) is 1.48. The largest absolute Gasteiger partial charge is 0.306 e. The summed E-state index contributed by atoms with van der Waals surface area (Å²) in [7, 11) is 0. The van der Waals surface area contributed by atoms with Gasteiger partial charge in [0.05, 0.1) is 0 Å². The van der Waals surface area contributed by atoms with E-state index in [-0.39, 0.29) is 0 Å². The van der Waals surface area contributed by atoms with Crippen LogP contribution in [0.5, 0.6) is 0 Å². The fourth-order valence-electron chi connectivity index (χ4n) is 1.48. The lowest BCUT2D eigenvalue weighted by Crippen LogP contribution is -2.22. The van der Waals surface area contributed by atoms with Gasteiger partial charge in [0.15, 0.2) is 0 Å². The van der Waals surface area contributed by atoms with E-state index in [1.165, 1.54) is 11.1 Å². The van der Waals surface area contributed by atoms with Gasteiger partial charge in [0.2, 0.25) is 0 Å². The van der Waals surface area contributed by atoms with Crippen LogP contribution in [0.4, 0.5) is 0 Å². The first kappa shape index (κ1) is 11.0. The zero-order valence-corrected chi connectivity index (χ0v) is 9.09. The molecule has 0 fully saturated rings. The highest BCUT2D eigenvalue weighted by molar-refractivity contribution is 5.19. The van der Waals surface area contributed by atoms with E-state index in [4.69, 9.17) is 0 Å². The predicted octanol–water partition coefficient (Wildman–Crippen LogP) is 3.30. The van der Waals surface area contributed by atoms with Crippen LogP contribution in [0.15, 0.2) is 42.5 Å². The van der Waals surface area contributed by atoms with Gasteiger partial charge in [-0.1, -0.05) is 49.4 Å². The van der Waals surface area contributed by atoms with Crippen molar-refractivity contribution < 1.29 is 0 Å². The number of rotatable bonds is 5. The minimum Gasteiger partial charge on any atom is -0.306 e. The van der Waals surface area contributed by atoms with Crippen molar-refractivity contribution in [2.45, 2.75) is 26.3 Å². The second-order valence-electron chi connectivity index (χ2n) is 3.71. The van der Waals surface area contributed by atoms with Gasteiger partial charge in [0, 0.05) is 12.6 Å². The molecule has 14 heavy (non-hydrogen) atoms. The van der Waals surface area contributed by atoms with Crippen LogP contribution >= 0.6 is 0 Å². The highest BCUT2D eigenvalue weighted by Gasteiger charge is 2.06. The van der Waals surface area contributed by atoms with E-state index in [1.807, 2.05) is 6.92 Å². The first-order valence-corrected chi connectivity index (χ1v) is 5.16. The van der Waals surface area contributed by atoms with Gasteiger partial charge < -0.3 is 5.32 Å². The monoisotopic (exact) mass is 189 g/mol. The Morgan fingerprint density at radius 2 is 2.00 bits per heavy atom. The molecule has 0 spiro atoms. The highest BCUT2D eigenvalue weighted by Crippen LogP contribution is 2.15. The third-order valence-electron chi connectivity index (χ3n) is 2.26. The summed E-state index contributed by atoms with van der Waals surface area (Å²) < 4.78 is 0. The second-order valence-corrected chi connectivity index (χ2v) is 3.71. The number of hydrogen-bond donors (Lipinski definition) is 1. The SMILES string of the molecule is C=C(C)CN[C@@H](CC)c1ccccc1. The Hall–Kier alpha value is -1.08. The van der Waals surface area contributed by atoms with Crippen molar-refractivity contribution in [3.05, 3.63) is 48.0 Å². The number of hydrogen-bond acceptors (Lipinski definition) is 1. The smallest absolute Gasteiger partial charge is 0.0320 e. The molecule has 1 aromatic carbocycles. The lowest BCUT2D eigenvalue weighted by molar-refractivity contribution is 0.544. The van der Waals surface area contributed by atoms with E-state index in [0.717, 1.165) is 13.0 Å². The Morgan fingerprint density at radius 1 is 1.36 bits per heavy atom. The normalized spacial score (nSPS) is 12.4. The molecule has 0 heterocycles. The molecular formula is C13H19N. The van der Waals surface area contributed by atoms with E-state index in [2.05, 4.69) is 49.2 Å².